The number of aromatic carboxylic acids is 1. The summed E-state index contributed by atoms with van der Waals surface area (Å²) in [6.07, 6.45) is 0. The zero-order chi connectivity index (χ0) is 22.7. The fraction of sp³-hybridized carbons (Fsp3) is 0.0435. The molecule has 1 heterocycles. The second kappa shape index (κ2) is 8.60. The van der Waals surface area contributed by atoms with E-state index in [0.29, 0.717) is 28.2 Å². The molecule has 0 saturated carbocycles. The molecule has 0 aliphatic carbocycles. The Morgan fingerprint density at radius 2 is 1.66 bits per heavy atom. The van der Waals surface area contributed by atoms with Crippen LogP contribution in [-0.4, -0.2) is 34.1 Å². The molecule has 0 radical (unpaired) electrons. The van der Waals surface area contributed by atoms with E-state index in [4.69, 9.17) is 4.74 Å². The first-order valence-electron chi connectivity index (χ1n) is 9.53. The van der Waals surface area contributed by atoms with Crippen LogP contribution in [0.2, 0.25) is 0 Å². The lowest BCUT2D eigenvalue weighted by atomic mass is 10.1. The van der Waals surface area contributed by atoms with E-state index in [0.717, 1.165) is 0 Å². The number of aromatic nitrogens is 2. The number of amides is 1. The minimum absolute atomic E-state index is 0.0331. The summed E-state index contributed by atoms with van der Waals surface area (Å²) in [7, 11) is 1.57. The third-order valence-corrected chi connectivity index (χ3v) is 4.70. The monoisotopic (exact) mass is 430 g/mol. The van der Waals surface area contributed by atoms with Crippen molar-refractivity contribution in [2.24, 2.45) is 0 Å². The number of benzene rings is 3. The van der Waals surface area contributed by atoms with Gasteiger partial charge >= 0.3 is 5.97 Å². The van der Waals surface area contributed by atoms with E-state index in [1.54, 1.807) is 61.7 Å². The average molecular weight is 430 g/mol. The number of H-pyrrole nitrogens is 1. The summed E-state index contributed by atoms with van der Waals surface area (Å²) in [6, 6.07) is 17.8. The van der Waals surface area contributed by atoms with Gasteiger partial charge < -0.3 is 25.5 Å². The lowest BCUT2D eigenvalue weighted by Crippen LogP contribution is -2.17. The normalized spacial score (nSPS) is 10.5. The topological polar surface area (TPSA) is 133 Å². The summed E-state index contributed by atoms with van der Waals surface area (Å²) < 4.78 is 5.12. The van der Waals surface area contributed by atoms with Gasteiger partial charge in [0.15, 0.2) is 5.82 Å². The number of fused-ring (bicyclic) bond motifs is 1. The molecular formula is C23H18N4O5. The van der Waals surface area contributed by atoms with E-state index in [1.807, 2.05) is 0 Å². The lowest BCUT2D eigenvalue weighted by Gasteiger charge is -2.10. The third kappa shape index (κ3) is 4.26. The highest BCUT2D eigenvalue weighted by Crippen LogP contribution is 2.20. The molecule has 0 atom stereocenters. The van der Waals surface area contributed by atoms with Gasteiger partial charge in [-0.05, 0) is 54.6 Å². The molecule has 0 unspecified atom stereocenters. The number of ether oxygens (including phenoxy) is 1. The lowest BCUT2D eigenvalue weighted by molar-refractivity contribution is 0.0692. The largest absolute Gasteiger partial charge is 0.497 e. The standard InChI is InChI=1S/C23H18N4O5/c1-32-15-9-6-13(7-10-15)24-20-22(29)27-19-12-14(8-11-18(19)26-20)25-21(28)16-4-2-3-5-17(16)23(30)31/h2-12H,1H3,(H,24,26)(H,25,28)(H,27,29)(H,30,31). The second-order valence-electron chi connectivity index (χ2n) is 6.80. The van der Waals surface area contributed by atoms with Crippen LogP contribution in [0.25, 0.3) is 11.0 Å². The number of hydrogen-bond donors (Lipinski definition) is 4. The first-order valence-corrected chi connectivity index (χ1v) is 9.53. The Hall–Kier alpha value is -4.66. The highest BCUT2D eigenvalue weighted by molar-refractivity contribution is 6.11. The van der Waals surface area contributed by atoms with E-state index in [-0.39, 0.29) is 16.9 Å². The van der Waals surface area contributed by atoms with Crippen molar-refractivity contribution in [1.82, 2.24) is 9.97 Å². The number of carbonyl (C=O) groups excluding carboxylic acids is 1. The average Bonchev–Trinajstić information content (AvgIpc) is 2.80. The van der Waals surface area contributed by atoms with Crippen LogP contribution in [0.15, 0.2) is 71.5 Å². The van der Waals surface area contributed by atoms with Gasteiger partial charge in [0.2, 0.25) is 0 Å². The summed E-state index contributed by atoms with van der Waals surface area (Å²) in [5, 5.41) is 14.9. The van der Waals surface area contributed by atoms with Crippen molar-refractivity contribution in [2.75, 3.05) is 17.7 Å². The second-order valence-corrected chi connectivity index (χ2v) is 6.80. The van der Waals surface area contributed by atoms with Crippen LogP contribution >= 0.6 is 0 Å². The number of aromatic amines is 1. The highest BCUT2D eigenvalue weighted by Gasteiger charge is 2.16. The van der Waals surface area contributed by atoms with Crippen molar-refractivity contribution >= 4 is 40.1 Å². The molecule has 160 valence electrons. The zero-order valence-corrected chi connectivity index (χ0v) is 16.9. The van der Waals surface area contributed by atoms with Gasteiger partial charge in [-0.3, -0.25) is 9.59 Å². The van der Waals surface area contributed by atoms with Crippen LogP contribution in [0.5, 0.6) is 5.75 Å². The maximum Gasteiger partial charge on any atom is 0.336 e. The van der Waals surface area contributed by atoms with Gasteiger partial charge in [-0.1, -0.05) is 12.1 Å². The molecule has 9 nitrogen and oxygen atoms in total. The Kier molecular flexibility index (Phi) is 5.54. The molecular weight excluding hydrogens is 412 g/mol. The number of hydrogen-bond acceptors (Lipinski definition) is 6. The molecule has 0 aliphatic rings. The van der Waals surface area contributed by atoms with Crippen LogP contribution in [-0.2, 0) is 0 Å². The number of anilines is 3. The summed E-state index contributed by atoms with van der Waals surface area (Å²) in [5.41, 5.74) is 1.47. The van der Waals surface area contributed by atoms with Crippen molar-refractivity contribution in [3.63, 3.8) is 0 Å². The van der Waals surface area contributed by atoms with E-state index >= 15 is 0 Å². The van der Waals surface area contributed by atoms with Gasteiger partial charge in [0.1, 0.15) is 5.75 Å². The predicted molar refractivity (Wildman–Crippen MR) is 120 cm³/mol. The van der Waals surface area contributed by atoms with Crippen molar-refractivity contribution in [3.8, 4) is 5.75 Å². The summed E-state index contributed by atoms with van der Waals surface area (Å²) in [6.45, 7) is 0. The van der Waals surface area contributed by atoms with Crippen LogP contribution in [0.3, 0.4) is 0 Å². The molecule has 4 rings (SSSR count). The number of rotatable bonds is 6. The number of carbonyl (C=O) groups is 2. The SMILES string of the molecule is COc1ccc(Nc2nc3ccc(NC(=O)c4ccccc4C(=O)O)cc3[nH]c2=O)cc1. The molecule has 4 N–H and O–H groups in total. The highest BCUT2D eigenvalue weighted by atomic mass is 16.5. The maximum atomic E-state index is 12.6. The molecule has 1 aromatic heterocycles. The van der Waals surface area contributed by atoms with Crippen molar-refractivity contribution in [3.05, 3.63) is 88.2 Å². The predicted octanol–water partition coefficient (Wildman–Crippen LogP) is 3.63. The molecule has 32 heavy (non-hydrogen) atoms. The van der Waals surface area contributed by atoms with Crippen LogP contribution in [0, 0.1) is 0 Å². The Labute approximate surface area is 181 Å². The molecule has 1 amide bonds. The van der Waals surface area contributed by atoms with Gasteiger partial charge in [-0.15, -0.1) is 0 Å². The number of nitrogens with zero attached hydrogens (tertiary/aromatic N) is 1. The first kappa shape index (κ1) is 20.6. The van der Waals surface area contributed by atoms with E-state index < -0.39 is 17.4 Å². The minimum atomic E-state index is -1.19. The van der Waals surface area contributed by atoms with Crippen LogP contribution in [0.1, 0.15) is 20.7 Å². The Bertz CT molecular complexity index is 1380. The number of carboxylic acid groups (broad SMARTS) is 1. The summed E-state index contributed by atoms with van der Waals surface area (Å²) in [4.78, 5) is 43.5. The number of carboxylic acids is 1. The number of methoxy groups -OCH3 is 1. The molecule has 4 aromatic rings. The third-order valence-electron chi connectivity index (χ3n) is 4.70. The van der Waals surface area contributed by atoms with Crippen molar-refractivity contribution < 1.29 is 19.4 Å². The van der Waals surface area contributed by atoms with Crippen molar-refractivity contribution in [1.29, 1.82) is 0 Å². The van der Waals surface area contributed by atoms with E-state index in [9.17, 15) is 19.5 Å². The fourth-order valence-corrected chi connectivity index (χ4v) is 3.13. The van der Waals surface area contributed by atoms with Crippen molar-refractivity contribution in [2.45, 2.75) is 0 Å². The maximum absolute atomic E-state index is 12.6. The first-order chi connectivity index (χ1) is 15.4. The van der Waals surface area contributed by atoms with E-state index in [1.165, 1.54) is 12.1 Å². The Morgan fingerprint density at radius 3 is 2.34 bits per heavy atom. The van der Waals surface area contributed by atoms with Gasteiger partial charge in [0, 0.05) is 11.4 Å². The molecule has 0 fully saturated rings. The molecule has 0 bridgehead atoms. The molecule has 0 aliphatic heterocycles. The van der Waals surface area contributed by atoms with Gasteiger partial charge in [-0.25, -0.2) is 9.78 Å². The minimum Gasteiger partial charge on any atom is -0.497 e. The van der Waals surface area contributed by atoms with E-state index in [2.05, 4.69) is 20.6 Å². The van der Waals surface area contributed by atoms with Crippen LogP contribution < -0.4 is 20.9 Å². The summed E-state index contributed by atoms with van der Waals surface area (Å²) >= 11 is 0. The summed E-state index contributed by atoms with van der Waals surface area (Å²) in [5.74, 6) is -0.957. The molecule has 9 heteroatoms. The van der Waals surface area contributed by atoms with Gasteiger partial charge in [0.05, 0.1) is 29.3 Å². The smallest absolute Gasteiger partial charge is 0.336 e. The van der Waals surface area contributed by atoms with Gasteiger partial charge in [-0.2, -0.15) is 0 Å². The molecule has 0 saturated heterocycles. The fourth-order valence-electron chi connectivity index (χ4n) is 3.13. The molecule has 3 aromatic carbocycles. The van der Waals surface area contributed by atoms with Crippen LogP contribution in [0.4, 0.5) is 17.2 Å². The number of nitrogens with one attached hydrogen (secondary N) is 3. The Morgan fingerprint density at radius 1 is 0.969 bits per heavy atom. The Balaban J connectivity index is 1.58. The zero-order valence-electron chi connectivity index (χ0n) is 16.9. The van der Waals surface area contributed by atoms with Gasteiger partial charge in [0.25, 0.3) is 11.5 Å². The quantitative estimate of drug-likeness (QED) is 0.367. The molecule has 0 spiro atoms.